The van der Waals surface area contributed by atoms with Crippen molar-refractivity contribution in [2.75, 3.05) is 118 Å². The predicted octanol–water partition coefficient (Wildman–Crippen LogP) is 2.80. The maximum Gasteiger partial charge on any atom is 0.0593 e. The highest BCUT2D eigenvalue weighted by atomic mass is 16.5. The van der Waals surface area contributed by atoms with Crippen LogP contribution in [0.15, 0.2) is 0 Å². The van der Waals surface area contributed by atoms with Gasteiger partial charge in [0.1, 0.15) is 0 Å². The maximum atomic E-state index is 5.97. The molecule has 0 amide bonds. The van der Waals surface area contributed by atoms with Crippen molar-refractivity contribution in [2.45, 2.75) is 57.8 Å². The Labute approximate surface area is 210 Å². The molecule has 3 rings (SSSR count). The summed E-state index contributed by atoms with van der Waals surface area (Å²) in [4.78, 5) is 10.2. The van der Waals surface area contributed by atoms with Crippen LogP contribution in [0.3, 0.4) is 0 Å². The van der Waals surface area contributed by atoms with E-state index < -0.39 is 0 Å². The minimum absolute atomic E-state index is 0.809. The lowest BCUT2D eigenvalue weighted by Crippen LogP contribution is -2.34. The van der Waals surface area contributed by atoms with Gasteiger partial charge in [0, 0.05) is 59.1 Å². The summed E-state index contributed by atoms with van der Waals surface area (Å²) in [6.07, 6.45) is 11.7. The molecule has 0 atom stereocenters. The monoisotopic (exact) mass is 482 g/mol. The summed E-state index contributed by atoms with van der Waals surface area (Å²) < 4.78 is 17.9. The van der Waals surface area contributed by atoms with E-state index in [1.165, 1.54) is 97.4 Å². The highest BCUT2D eigenvalue weighted by molar-refractivity contribution is 4.67. The second-order valence-corrected chi connectivity index (χ2v) is 10.4. The average molecular weight is 483 g/mol. The largest absolute Gasteiger partial charge is 0.380 e. The van der Waals surface area contributed by atoms with Crippen LogP contribution in [0.25, 0.3) is 0 Å². The molecular formula is C27H54N4O3. The van der Waals surface area contributed by atoms with E-state index in [0.29, 0.717) is 0 Å². The molecule has 0 bridgehead atoms. The lowest BCUT2D eigenvalue weighted by atomic mass is 10.4. The SMILES string of the molecule is C1CCN(CCCOCCN(CCOCCCN2CCCC2)CCOCCCN2CCCC2)C1. The molecule has 7 heteroatoms. The zero-order chi connectivity index (χ0) is 23.5. The smallest absolute Gasteiger partial charge is 0.0593 e. The third-order valence-electron chi connectivity index (χ3n) is 7.54. The lowest BCUT2D eigenvalue weighted by Gasteiger charge is -2.23. The first-order chi connectivity index (χ1) is 16.9. The Morgan fingerprint density at radius 2 is 0.706 bits per heavy atom. The molecule has 0 saturated carbocycles. The maximum absolute atomic E-state index is 5.97. The van der Waals surface area contributed by atoms with Crippen molar-refractivity contribution in [2.24, 2.45) is 0 Å². The number of ether oxygens (including phenoxy) is 3. The topological polar surface area (TPSA) is 40.6 Å². The first-order valence-electron chi connectivity index (χ1n) is 14.5. The molecule has 3 heterocycles. The van der Waals surface area contributed by atoms with E-state index in [0.717, 1.165) is 78.5 Å². The Morgan fingerprint density at radius 3 is 1.00 bits per heavy atom. The molecule has 3 aliphatic rings. The fourth-order valence-electron chi connectivity index (χ4n) is 5.41. The molecule has 0 aromatic rings. The highest BCUT2D eigenvalue weighted by Crippen LogP contribution is 2.09. The zero-order valence-electron chi connectivity index (χ0n) is 22.1. The van der Waals surface area contributed by atoms with Gasteiger partial charge in [-0.05, 0) is 97.1 Å². The highest BCUT2D eigenvalue weighted by Gasteiger charge is 2.12. The molecule has 0 N–H and O–H groups in total. The quantitative estimate of drug-likeness (QED) is 0.233. The minimum atomic E-state index is 0.809. The number of nitrogens with zero attached hydrogens (tertiary/aromatic N) is 4. The summed E-state index contributed by atoms with van der Waals surface area (Å²) in [7, 11) is 0. The van der Waals surface area contributed by atoms with Gasteiger partial charge in [-0.3, -0.25) is 4.90 Å². The van der Waals surface area contributed by atoms with Gasteiger partial charge in [-0.1, -0.05) is 0 Å². The van der Waals surface area contributed by atoms with Crippen molar-refractivity contribution in [1.29, 1.82) is 0 Å². The standard InChI is InChI=1S/C27H54N4O3/c1-2-11-28(10-1)16-7-22-32-25-19-31(20-26-33-23-8-17-29-12-3-4-13-29)21-27-34-24-9-18-30-14-5-6-15-30/h1-27H2. The molecule has 200 valence electrons. The minimum Gasteiger partial charge on any atom is -0.380 e. The summed E-state index contributed by atoms with van der Waals surface area (Å²) in [6.45, 7) is 19.3. The van der Waals surface area contributed by atoms with Gasteiger partial charge in [0.05, 0.1) is 19.8 Å². The van der Waals surface area contributed by atoms with E-state index in [4.69, 9.17) is 14.2 Å². The molecular weight excluding hydrogens is 428 g/mol. The molecule has 0 unspecified atom stereocenters. The fraction of sp³-hybridized carbons (Fsp3) is 1.00. The lowest BCUT2D eigenvalue weighted by molar-refractivity contribution is 0.0484. The van der Waals surface area contributed by atoms with E-state index in [2.05, 4.69) is 19.6 Å². The van der Waals surface area contributed by atoms with Gasteiger partial charge < -0.3 is 28.9 Å². The van der Waals surface area contributed by atoms with Crippen LogP contribution in [0.1, 0.15) is 57.8 Å². The average Bonchev–Trinajstić information content (AvgIpc) is 3.64. The van der Waals surface area contributed by atoms with Crippen LogP contribution in [-0.4, -0.2) is 138 Å². The fourth-order valence-corrected chi connectivity index (χ4v) is 5.41. The van der Waals surface area contributed by atoms with Crippen molar-refractivity contribution in [3.05, 3.63) is 0 Å². The van der Waals surface area contributed by atoms with E-state index in [9.17, 15) is 0 Å². The molecule has 3 fully saturated rings. The molecule has 7 nitrogen and oxygen atoms in total. The second-order valence-electron chi connectivity index (χ2n) is 10.4. The second kappa shape index (κ2) is 18.9. The molecule has 3 saturated heterocycles. The van der Waals surface area contributed by atoms with Crippen LogP contribution in [0, 0.1) is 0 Å². The van der Waals surface area contributed by atoms with Crippen LogP contribution in [0.4, 0.5) is 0 Å². The van der Waals surface area contributed by atoms with Gasteiger partial charge in [0.25, 0.3) is 0 Å². The van der Waals surface area contributed by atoms with Gasteiger partial charge in [0.2, 0.25) is 0 Å². The summed E-state index contributed by atoms with van der Waals surface area (Å²) >= 11 is 0. The van der Waals surface area contributed by atoms with Crippen molar-refractivity contribution in [1.82, 2.24) is 19.6 Å². The van der Waals surface area contributed by atoms with Crippen LogP contribution in [0.2, 0.25) is 0 Å². The summed E-state index contributed by atoms with van der Waals surface area (Å²) in [6, 6.07) is 0. The Hall–Kier alpha value is -0.280. The molecule has 0 radical (unpaired) electrons. The van der Waals surface area contributed by atoms with Gasteiger partial charge >= 0.3 is 0 Å². The number of hydrogen-bond donors (Lipinski definition) is 0. The zero-order valence-corrected chi connectivity index (χ0v) is 22.1. The van der Waals surface area contributed by atoms with E-state index >= 15 is 0 Å². The van der Waals surface area contributed by atoms with Crippen molar-refractivity contribution >= 4 is 0 Å². The van der Waals surface area contributed by atoms with Gasteiger partial charge in [-0.15, -0.1) is 0 Å². The Morgan fingerprint density at radius 1 is 0.412 bits per heavy atom. The van der Waals surface area contributed by atoms with Crippen LogP contribution in [0.5, 0.6) is 0 Å². The molecule has 0 aromatic carbocycles. The third-order valence-corrected chi connectivity index (χ3v) is 7.54. The van der Waals surface area contributed by atoms with Crippen LogP contribution < -0.4 is 0 Å². The molecule has 34 heavy (non-hydrogen) atoms. The number of hydrogen-bond acceptors (Lipinski definition) is 7. The predicted molar refractivity (Wildman–Crippen MR) is 140 cm³/mol. The van der Waals surface area contributed by atoms with Crippen molar-refractivity contribution in [3.63, 3.8) is 0 Å². The molecule has 0 aliphatic carbocycles. The molecule has 3 aliphatic heterocycles. The van der Waals surface area contributed by atoms with E-state index in [1.54, 1.807) is 0 Å². The Balaban J connectivity index is 1.19. The number of rotatable bonds is 21. The van der Waals surface area contributed by atoms with Gasteiger partial charge in [-0.2, -0.15) is 0 Å². The Kier molecular flexibility index (Phi) is 15.7. The summed E-state index contributed by atoms with van der Waals surface area (Å²) in [5, 5.41) is 0. The van der Waals surface area contributed by atoms with Crippen LogP contribution in [-0.2, 0) is 14.2 Å². The first kappa shape index (κ1) is 28.3. The normalized spacial score (nSPS) is 20.4. The summed E-state index contributed by atoms with van der Waals surface area (Å²) in [5.74, 6) is 0. The van der Waals surface area contributed by atoms with E-state index in [1.807, 2.05) is 0 Å². The summed E-state index contributed by atoms with van der Waals surface area (Å²) in [5.41, 5.74) is 0. The van der Waals surface area contributed by atoms with Crippen molar-refractivity contribution in [3.8, 4) is 0 Å². The molecule has 0 aromatic heterocycles. The third kappa shape index (κ3) is 13.1. The molecule has 0 spiro atoms. The van der Waals surface area contributed by atoms with Gasteiger partial charge in [-0.25, -0.2) is 0 Å². The first-order valence-corrected chi connectivity index (χ1v) is 14.5. The van der Waals surface area contributed by atoms with E-state index in [-0.39, 0.29) is 0 Å². The Bertz CT molecular complexity index is 400. The van der Waals surface area contributed by atoms with Crippen molar-refractivity contribution < 1.29 is 14.2 Å². The number of likely N-dealkylation sites (tertiary alicyclic amines) is 3. The van der Waals surface area contributed by atoms with Crippen LogP contribution >= 0.6 is 0 Å². The van der Waals surface area contributed by atoms with Gasteiger partial charge in [0.15, 0.2) is 0 Å².